The monoisotopic (exact) mass is 501 g/mol. The first kappa shape index (κ1) is 23.6. The van der Waals surface area contributed by atoms with Crippen molar-refractivity contribution in [1.29, 1.82) is 0 Å². The van der Waals surface area contributed by atoms with Gasteiger partial charge in [-0.3, -0.25) is 4.79 Å². The summed E-state index contributed by atoms with van der Waals surface area (Å²) in [4.78, 5) is 17.0. The van der Waals surface area contributed by atoms with E-state index in [2.05, 4.69) is 4.99 Å². The van der Waals surface area contributed by atoms with E-state index >= 15 is 0 Å². The van der Waals surface area contributed by atoms with Crippen LogP contribution < -0.4 is 9.94 Å². The molecule has 3 aromatic rings. The first-order valence-corrected chi connectivity index (χ1v) is 13.6. The van der Waals surface area contributed by atoms with Crippen LogP contribution in [0.4, 0.5) is 0 Å². The number of aryl methyl sites for hydroxylation is 1. The topological polar surface area (TPSA) is 129 Å². The summed E-state index contributed by atoms with van der Waals surface area (Å²) in [5, 5.41) is 5.61. The van der Waals surface area contributed by atoms with Gasteiger partial charge >= 0.3 is 0 Å². The number of amides is 1. The summed E-state index contributed by atoms with van der Waals surface area (Å²) in [5.41, 5.74) is 0.722. The third kappa shape index (κ3) is 5.60. The number of nitrogens with zero attached hydrogens (tertiary/aromatic N) is 2. The number of fused-ring (bicyclic) bond motifs is 1. The maximum Gasteiger partial charge on any atom is 0.249 e. The largest absolute Gasteiger partial charge is 0.316 e. The molecule has 2 N–H and O–H groups in total. The lowest BCUT2D eigenvalue weighted by Gasteiger charge is -2.04. The fourth-order valence-electron chi connectivity index (χ4n) is 2.90. The van der Waals surface area contributed by atoms with Crippen molar-refractivity contribution >= 4 is 58.9 Å². The molecule has 0 aliphatic carbocycles. The number of benzene rings is 2. The summed E-state index contributed by atoms with van der Waals surface area (Å²) in [6.07, 6.45) is 0.475. The van der Waals surface area contributed by atoms with Crippen LogP contribution in [0.5, 0.6) is 0 Å². The van der Waals surface area contributed by atoms with E-state index in [9.17, 15) is 21.6 Å². The van der Waals surface area contributed by atoms with Gasteiger partial charge in [-0.2, -0.15) is 4.99 Å². The Kier molecular flexibility index (Phi) is 7.01. The third-order valence-corrected chi connectivity index (χ3v) is 8.34. The molecule has 0 radical (unpaired) electrons. The van der Waals surface area contributed by atoms with Crippen LogP contribution in [-0.4, -0.2) is 33.1 Å². The Morgan fingerprint density at radius 3 is 2.35 bits per heavy atom. The Morgan fingerprint density at radius 2 is 1.74 bits per heavy atom. The standard InChI is InChI=1S/C19H20ClN3O5S3/c1-2-10-23-16-8-7-15(31(21,27)28)12-17(16)29-19(23)22-18(24)9-11-30(25,26)14-5-3-13(20)4-6-14/h3-8,12H,2,9-11H2,1H3,(H2,21,27,28). The average molecular weight is 502 g/mol. The van der Waals surface area contributed by atoms with E-state index in [0.717, 1.165) is 23.3 Å². The highest BCUT2D eigenvalue weighted by atomic mass is 35.5. The smallest absolute Gasteiger partial charge is 0.249 e. The predicted molar refractivity (Wildman–Crippen MR) is 120 cm³/mol. The summed E-state index contributed by atoms with van der Waals surface area (Å²) < 4.78 is 50.5. The molecule has 2 aromatic carbocycles. The highest BCUT2D eigenvalue weighted by molar-refractivity contribution is 7.91. The van der Waals surface area contributed by atoms with Crippen molar-refractivity contribution in [2.24, 2.45) is 10.1 Å². The molecule has 0 aliphatic rings. The molecule has 0 atom stereocenters. The van der Waals surface area contributed by atoms with Gasteiger partial charge in [0.05, 0.1) is 25.8 Å². The number of hydrogen-bond donors (Lipinski definition) is 1. The van der Waals surface area contributed by atoms with E-state index in [0.29, 0.717) is 21.1 Å². The molecule has 166 valence electrons. The number of sulfonamides is 1. The molecular formula is C19H20ClN3O5S3. The SMILES string of the molecule is CCCn1c(=NC(=O)CCS(=O)(=O)c2ccc(Cl)cc2)sc2cc(S(N)(=O)=O)ccc21. The van der Waals surface area contributed by atoms with Crippen LogP contribution in [-0.2, 0) is 31.2 Å². The van der Waals surface area contributed by atoms with Crippen LogP contribution in [0.3, 0.4) is 0 Å². The van der Waals surface area contributed by atoms with Gasteiger partial charge in [-0.05, 0) is 48.9 Å². The zero-order valence-electron chi connectivity index (χ0n) is 16.5. The molecule has 1 heterocycles. The second kappa shape index (κ2) is 9.21. The van der Waals surface area contributed by atoms with Crippen molar-refractivity contribution in [3.05, 3.63) is 52.3 Å². The minimum Gasteiger partial charge on any atom is -0.316 e. The van der Waals surface area contributed by atoms with Crippen molar-refractivity contribution in [3.63, 3.8) is 0 Å². The Morgan fingerprint density at radius 1 is 1.10 bits per heavy atom. The molecule has 0 spiro atoms. The summed E-state index contributed by atoms with van der Waals surface area (Å²) in [6, 6.07) is 10.2. The maximum absolute atomic E-state index is 12.4. The molecule has 1 aromatic heterocycles. The van der Waals surface area contributed by atoms with Crippen LogP contribution in [0.2, 0.25) is 5.02 Å². The van der Waals surface area contributed by atoms with Gasteiger partial charge in [0, 0.05) is 18.0 Å². The summed E-state index contributed by atoms with van der Waals surface area (Å²) in [5.74, 6) is -0.966. The van der Waals surface area contributed by atoms with Crippen molar-refractivity contribution in [2.75, 3.05) is 5.75 Å². The molecule has 31 heavy (non-hydrogen) atoms. The number of sulfone groups is 1. The highest BCUT2D eigenvalue weighted by Gasteiger charge is 2.17. The molecule has 3 rings (SSSR count). The van der Waals surface area contributed by atoms with Crippen LogP contribution in [0.15, 0.2) is 57.2 Å². The molecule has 8 nitrogen and oxygen atoms in total. The molecular weight excluding hydrogens is 482 g/mol. The summed E-state index contributed by atoms with van der Waals surface area (Å²) >= 11 is 6.93. The number of rotatable bonds is 7. The molecule has 0 saturated heterocycles. The molecule has 0 bridgehead atoms. The van der Waals surface area contributed by atoms with E-state index in [1.165, 1.54) is 36.4 Å². The van der Waals surface area contributed by atoms with Gasteiger partial charge in [-0.25, -0.2) is 22.0 Å². The summed E-state index contributed by atoms with van der Waals surface area (Å²) in [6.45, 7) is 2.52. The van der Waals surface area contributed by atoms with Crippen LogP contribution in [0, 0.1) is 0 Å². The van der Waals surface area contributed by atoms with Gasteiger partial charge in [0.1, 0.15) is 0 Å². The minimum atomic E-state index is -3.86. The molecule has 0 saturated carbocycles. The quantitative estimate of drug-likeness (QED) is 0.532. The van der Waals surface area contributed by atoms with Crippen molar-refractivity contribution in [1.82, 2.24) is 4.57 Å². The number of halogens is 1. The van der Waals surface area contributed by atoms with Gasteiger partial charge in [-0.15, -0.1) is 0 Å². The number of nitrogens with two attached hydrogens (primary N) is 1. The maximum atomic E-state index is 12.4. The normalized spacial score (nSPS) is 13.1. The number of carbonyl (C=O) groups excluding carboxylic acids is 1. The molecule has 0 unspecified atom stereocenters. The molecule has 1 amide bonds. The Hall–Kier alpha value is -2.05. The van der Waals surface area contributed by atoms with Gasteiger partial charge in [0.2, 0.25) is 15.9 Å². The number of thiazole rings is 1. The van der Waals surface area contributed by atoms with Crippen LogP contribution in [0.25, 0.3) is 10.2 Å². The average Bonchev–Trinajstić information content (AvgIpc) is 3.03. The van der Waals surface area contributed by atoms with Crippen LogP contribution >= 0.6 is 22.9 Å². The zero-order valence-corrected chi connectivity index (χ0v) is 19.7. The predicted octanol–water partition coefficient (Wildman–Crippen LogP) is 2.70. The van der Waals surface area contributed by atoms with Crippen molar-refractivity contribution < 1.29 is 21.6 Å². The minimum absolute atomic E-state index is 0.0307. The molecule has 12 heteroatoms. The van der Waals surface area contributed by atoms with E-state index < -0.39 is 25.8 Å². The number of hydrogen-bond acceptors (Lipinski definition) is 6. The van der Waals surface area contributed by atoms with Gasteiger partial charge < -0.3 is 4.57 Å². The van der Waals surface area contributed by atoms with Crippen LogP contribution in [0.1, 0.15) is 19.8 Å². The second-order valence-electron chi connectivity index (χ2n) is 6.74. The lowest BCUT2D eigenvalue weighted by atomic mass is 10.3. The first-order chi connectivity index (χ1) is 14.5. The molecule has 0 aliphatic heterocycles. The van der Waals surface area contributed by atoms with Crippen molar-refractivity contribution in [3.8, 4) is 0 Å². The number of primary sulfonamides is 1. The summed E-state index contributed by atoms with van der Waals surface area (Å²) in [7, 11) is -7.52. The number of carbonyl (C=O) groups is 1. The van der Waals surface area contributed by atoms with E-state index in [1.54, 1.807) is 10.6 Å². The zero-order chi connectivity index (χ0) is 22.8. The lowest BCUT2D eigenvalue weighted by Crippen LogP contribution is -2.18. The second-order valence-corrected chi connectivity index (χ2v) is 11.9. The third-order valence-electron chi connectivity index (χ3n) is 4.41. The fourth-order valence-corrected chi connectivity index (χ4v) is 5.98. The van der Waals surface area contributed by atoms with E-state index in [-0.39, 0.29) is 22.0 Å². The van der Waals surface area contributed by atoms with Gasteiger partial charge in [0.25, 0.3) is 0 Å². The number of aromatic nitrogens is 1. The Labute approximate surface area is 189 Å². The van der Waals surface area contributed by atoms with Gasteiger partial charge in [0.15, 0.2) is 14.6 Å². The fraction of sp³-hybridized carbons (Fsp3) is 0.263. The van der Waals surface area contributed by atoms with E-state index in [1.807, 2.05) is 6.92 Å². The highest BCUT2D eigenvalue weighted by Crippen LogP contribution is 2.22. The lowest BCUT2D eigenvalue weighted by molar-refractivity contribution is -0.117. The Bertz CT molecular complexity index is 1410. The van der Waals surface area contributed by atoms with Crippen molar-refractivity contribution in [2.45, 2.75) is 36.1 Å². The van der Waals surface area contributed by atoms with E-state index in [4.69, 9.17) is 16.7 Å². The first-order valence-electron chi connectivity index (χ1n) is 9.23. The van der Waals surface area contributed by atoms with Gasteiger partial charge in [-0.1, -0.05) is 29.9 Å². The molecule has 0 fully saturated rings. The Balaban J connectivity index is 1.90.